The predicted molar refractivity (Wildman–Crippen MR) is 117 cm³/mol. The fourth-order valence-electron chi connectivity index (χ4n) is 4.17. The van der Waals surface area contributed by atoms with Gasteiger partial charge in [0.2, 0.25) is 17.7 Å². The molecule has 2 aliphatic rings. The number of likely N-dealkylation sites (tertiary alicyclic amines) is 1. The molecule has 0 aromatic heterocycles. The van der Waals surface area contributed by atoms with E-state index in [0.717, 1.165) is 6.42 Å². The Morgan fingerprint density at radius 2 is 1.94 bits per heavy atom. The van der Waals surface area contributed by atoms with Gasteiger partial charge >= 0.3 is 0 Å². The average Bonchev–Trinajstić information content (AvgIpc) is 3.17. The van der Waals surface area contributed by atoms with Gasteiger partial charge in [-0.2, -0.15) is 0 Å². The first kappa shape index (κ1) is 23.3. The van der Waals surface area contributed by atoms with E-state index in [4.69, 9.17) is 21.1 Å². The van der Waals surface area contributed by atoms with Crippen molar-refractivity contribution in [2.24, 2.45) is 11.8 Å². The molecule has 0 spiro atoms. The largest absolute Gasteiger partial charge is 0.495 e. The molecule has 170 valence electrons. The van der Waals surface area contributed by atoms with Crippen LogP contribution in [0.3, 0.4) is 0 Å². The highest BCUT2D eigenvalue weighted by atomic mass is 35.5. The van der Waals surface area contributed by atoms with Gasteiger partial charge in [-0.25, -0.2) is 0 Å². The second-order valence-corrected chi connectivity index (χ2v) is 8.39. The van der Waals surface area contributed by atoms with Crippen LogP contribution >= 0.6 is 11.6 Å². The Kier molecular flexibility index (Phi) is 8.15. The Bertz CT molecular complexity index is 810. The molecule has 0 bridgehead atoms. The van der Waals surface area contributed by atoms with Crippen molar-refractivity contribution in [3.8, 4) is 5.75 Å². The molecule has 2 saturated heterocycles. The zero-order valence-corrected chi connectivity index (χ0v) is 18.8. The van der Waals surface area contributed by atoms with Crippen molar-refractivity contribution >= 4 is 35.0 Å². The van der Waals surface area contributed by atoms with E-state index >= 15 is 0 Å². The van der Waals surface area contributed by atoms with E-state index in [-0.39, 0.29) is 30.1 Å². The van der Waals surface area contributed by atoms with Gasteiger partial charge in [-0.1, -0.05) is 11.6 Å². The molecule has 3 rings (SSSR count). The standard InChI is InChI=1S/C22H30ClN3O5/c1-30-11-3-8-24-21(28)15-6-9-25(10-7-15)22(29)16-12-20(27)26(14-16)18-13-17(23)4-5-19(18)31-2/h4-5,13,15-16H,3,6-12,14H2,1-2H3,(H,24,28). The molecule has 0 saturated carbocycles. The molecule has 1 aromatic rings. The Hall–Kier alpha value is -2.32. The van der Waals surface area contributed by atoms with Crippen LogP contribution in [0.4, 0.5) is 5.69 Å². The van der Waals surface area contributed by atoms with Crippen molar-refractivity contribution in [3.05, 3.63) is 23.2 Å². The van der Waals surface area contributed by atoms with Gasteiger partial charge in [0.25, 0.3) is 0 Å². The summed E-state index contributed by atoms with van der Waals surface area (Å²) in [6.07, 6.45) is 2.21. The van der Waals surface area contributed by atoms with E-state index in [2.05, 4.69) is 5.32 Å². The molecule has 0 aliphatic carbocycles. The predicted octanol–water partition coefficient (Wildman–Crippen LogP) is 2.09. The minimum absolute atomic E-state index is 0.0317. The molecule has 31 heavy (non-hydrogen) atoms. The van der Waals surface area contributed by atoms with Crippen LogP contribution in [0.15, 0.2) is 18.2 Å². The van der Waals surface area contributed by atoms with E-state index in [9.17, 15) is 14.4 Å². The van der Waals surface area contributed by atoms with Gasteiger partial charge in [0.1, 0.15) is 5.75 Å². The number of carbonyl (C=O) groups excluding carboxylic acids is 3. The van der Waals surface area contributed by atoms with E-state index in [1.165, 1.54) is 7.11 Å². The lowest BCUT2D eigenvalue weighted by Crippen LogP contribution is -2.45. The molecule has 2 heterocycles. The molecule has 8 nitrogen and oxygen atoms in total. The van der Waals surface area contributed by atoms with Gasteiger partial charge in [0.15, 0.2) is 0 Å². The van der Waals surface area contributed by atoms with Crippen LogP contribution in [0.5, 0.6) is 5.75 Å². The molecular formula is C22H30ClN3O5. The molecule has 2 fully saturated rings. The maximum Gasteiger partial charge on any atom is 0.228 e. The Balaban J connectivity index is 1.53. The molecular weight excluding hydrogens is 422 g/mol. The summed E-state index contributed by atoms with van der Waals surface area (Å²) in [5, 5.41) is 3.44. The number of rotatable bonds is 8. The molecule has 1 unspecified atom stereocenters. The summed E-state index contributed by atoms with van der Waals surface area (Å²) < 4.78 is 10.3. The summed E-state index contributed by atoms with van der Waals surface area (Å²) in [5.41, 5.74) is 0.583. The number of methoxy groups -OCH3 is 2. The minimum atomic E-state index is -0.407. The van der Waals surface area contributed by atoms with Crippen molar-refractivity contribution in [1.82, 2.24) is 10.2 Å². The molecule has 1 atom stereocenters. The van der Waals surface area contributed by atoms with Crippen molar-refractivity contribution in [3.63, 3.8) is 0 Å². The van der Waals surface area contributed by atoms with Crippen LogP contribution in [-0.4, -0.2) is 69.6 Å². The topological polar surface area (TPSA) is 88.2 Å². The van der Waals surface area contributed by atoms with Gasteiger partial charge in [0.05, 0.1) is 18.7 Å². The zero-order valence-electron chi connectivity index (χ0n) is 18.1. The summed E-state index contributed by atoms with van der Waals surface area (Å²) in [5.74, 6) is -0.0543. The maximum atomic E-state index is 13.0. The normalized spacial score (nSPS) is 19.6. The summed E-state index contributed by atoms with van der Waals surface area (Å²) in [6.45, 7) is 2.57. The lowest BCUT2D eigenvalue weighted by atomic mass is 9.94. The number of ether oxygens (including phenoxy) is 2. The van der Waals surface area contributed by atoms with Crippen molar-refractivity contribution in [2.45, 2.75) is 25.7 Å². The smallest absolute Gasteiger partial charge is 0.228 e. The van der Waals surface area contributed by atoms with Crippen molar-refractivity contribution < 1.29 is 23.9 Å². The quantitative estimate of drug-likeness (QED) is 0.611. The number of nitrogens with one attached hydrogen (secondary N) is 1. The Labute approximate surface area is 187 Å². The third-order valence-corrected chi connectivity index (χ3v) is 6.14. The number of amides is 3. The van der Waals surface area contributed by atoms with Crippen molar-refractivity contribution in [2.75, 3.05) is 51.9 Å². The van der Waals surface area contributed by atoms with Crippen LogP contribution in [0.1, 0.15) is 25.7 Å². The second kappa shape index (κ2) is 10.8. The fraction of sp³-hybridized carbons (Fsp3) is 0.591. The van der Waals surface area contributed by atoms with Crippen LogP contribution in [0.25, 0.3) is 0 Å². The van der Waals surface area contributed by atoms with E-state index in [1.54, 1.807) is 35.1 Å². The SMILES string of the molecule is COCCCNC(=O)C1CCN(C(=O)C2CC(=O)N(c3cc(Cl)ccc3OC)C2)CC1. The Morgan fingerprint density at radius 3 is 2.61 bits per heavy atom. The fourth-order valence-corrected chi connectivity index (χ4v) is 4.34. The third-order valence-electron chi connectivity index (χ3n) is 5.91. The van der Waals surface area contributed by atoms with E-state index < -0.39 is 5.92 Å². The lowest BCUT2D eigenvalue weighted by molar-refractivity contribution is -0.139. The zero-order chi connectivity index (χ0) is 22.4. The van der Waals surface area contributed by atoms with Crippen LogP contribution < -0.4 is 15.0 Å². The molecule has 1 aromatic carbocycles. The molecule has 9 heteroatoms. The van der Waals surface area contributed by atoms with Crippen molar-refractivity contribution in [1.29, 1.82) is 0 Å². The number of halogens is 1. The Morgan fingerprint density at radius 1 is 1.19 bits per heavy atom. The first-order valence-corrected chi connectivity index (χ1v) is 11.0. The number of hydrogen-bond donors (Lipinski definition) is 1. The summed E-state index contributed by atoms with van der Waals surface area (Å²) in [7, 11) is 3.17. The number of anilines is 1. The monoisotopic (exact) mass is 451 g/mol. The number of piperidine rings is 1. The number of benzene rings is 1. The highest BCUT2D eigenvalue weighted by Crippen LogP contribution is 2.36. The number of hydrogen-bond acceptors (Lipinski definition) is 5. The van der Waals surface area contributed by atoms with E-state index in [1.807, 2.05) is 0 Å². The van der Waals surface area contributed by atoms with E-state index in [0.29, 0.717) is 62.1 Å². The lowest BCUT2D eigenvalue weighted by Gasteiger charge is -2.33. The molecule has 3 amide bonds. The third kappa shape index (κ3) is 5.68. The van der Waals surface area contributed by atoms with Crippen LogP contribution in [-0.2, 0) is 19.1 Å². The first-order valence-electron chi connectivity index (χ1n) is 10.6. The molecule has 1 N–H and O–H groups in total. The number of carbonyl (C=O) groups is 3. The molecule has 0 radical (unpaired) electrons. The van der Waals surface area contributed by atoms with Crippen LogP contribution in [0, 0.1) is 11.8 Å². The van der Waals surface area contributed by atoms with Gasteiger partial charge in [-0.3, -0.25) is 14.4 Å². The molecule has 2 aliphatic heterocycles. The highest BCUT2D eigenvalue weighted by molar-refractivity contribution is 6.31. The van der Waals surface area contributed by atoms with Crippen LogP contribution in [0.2, 0.25) is 5.02 Å². The first-order chi connectivity index (χ1) is 14.9. The summed E-state index contributed by atoms with van der Waals surface area (Å²) in [6, 6.07) is 5.10. The highest BCUT2D eigenvalue weighted by Gasteiger charge is 2.39. The maximum absolute atomic E-state index is 13.0. The second-order valence-electron chi connectivity index (χ2n) is 7.96. The van der Waals surface area contributed by atoms with Gasteiger partial charge in [0, 0.05) is 57.3 Å². The average molecular weight is 452 g/mol. The summed E-state index contributed by atoms with van der Waals surface area (Å²) >= 11 is 6.10. The number of nitrogens with zero attached hydrogens (tertiary/aromatic N) is 2. The minimum Gasteiger partial charge on any atom is -0.495 e. The van der Waals surface area contributed by atoms with Gasteiger partial charge in [-0.05, 0) is 37.5 Å². The summed E-state index contributed by atoms with van der Waals surface area (Å²) in [4.78, 5) is 41.3. The van der Waals surface area contributed by atoms with Gasteiger partial charge < -0.3 is 24.6 Å². The van der Waals surface area contributed by atoms with Gasteiger partial charge in [-0.15, -0.1) is 0 Å².